The van der Waals surface area contributed by atoms with E-state index < -0.39 is 49.1 Å². The van der Waals surface area contributed by atoms with Crippen LogP contribution in [0.5, 0.6) is 5.75 Å². The first-order chi connectivity index (χ1) is 22.0. The Labute approximate surface area is 259 Å². The molecule has 7 N–H and O–H groups in total. The third kappa shape index (κ3) is 7.14. The summed E-state index contributed by atoms with van der Waals surface area (Å²) in [6.07, 6.45) is -8.93. The molecule has 1 aliphatic heterocycles. The fourth-order valence-corrected chi connectivity index (χ4v) is 4.54. The van der Waals surface area contributed by atoms with Gasteiger partial charge in [-0.1, -0.05) is 30.3 Å². The monoisotopic (exact) mass is 638 g/mol. The van der Waals surface area contributed by atoms with Crippen LogP contribution < -0.4 is 16.0 Å². The molecule has 1 saturated heterocycles. The summed E-state index contributed by atoms with van der Waals surface area (Å²) in [4.78, 5) is 8.66. The second-order valence-corrected chi connectivity index (χ2v) is 10.2. The Morgan fingerprint density at radius 2 is 1.65 bits per heavy atom. The molecule has 5 atom stereocenters. The van der Waals surface area contributed by atoms with E-state index in [4.69, 9.17) is 20.6 Å². The van der Waals surface area contributed by atoms with Crippen LogP contribution in [0.15, 0.2) is 95.3 Å². The highest BCUT2D eigenvalue weighted by atomic mass is 19.4. The van der Waals surface area contributed by atoms with Gasteiger partial charge in [-0.2, -0.15) is 18.3 Å². The van der Waals surface area contributed by atoms with E-state index in [-0.39, 0.29) is 34.0 Å². The molecule has 0 bridgehead atoms. The normalized spacial score (nSPS) is 22.2. The van der Waals surface area contributed by atoms with E-state index in [2.05, 4.69) is 15.1 Å². The Morgan fingerprint density at radius 1 is 0.978 bits per heavy atom. The number of aliphatic hydroxyl groups is 4. The molecule has 46 heavy (non-hydrogen) atoms. The molecule has 0 spiro atoms. The Hall–Kier alpha value is -4.93. The van der Waals surface area contributed by atoms with E-state index in [9.17, 15) is 33.6 Å². The number of halogens is 3. The number of anilines is 1. The fraction of sp³-hybridized carbons (Fsp3) is 0.226. The van der Waals surface area contributed by atoms with Gasteiger partial charge in [0.25, 0.3) is 0 Å². The van der Waals surface area contributed by atoms with E-state index in [1.54, 1.807) is 42.5 Å². The van der Waals surface area contributed by atoms with Gasteiger partial charge in [0, 0.05) is 5.56 Å². The summed E-state index contributed by atoms with van der Waals surface area (Å²) in [5.74, 6) is 0.247. The van der Waals surface area contributed by atoms with E-state index in [0.29, 0.717) is 11.1 Å². The molecule has 240 valence electrons. The second-order valence-electron chi connectivity index (χ2n) is 10.2. The van der Waals surface area contributed by atoms with E-state index in [1.165, 1.54) is 41.5 Å². The van der Waals surface area contributed by atoms with Crippen molar-refractivity contribution in [3.63, 3.8) is 0 Å². The van der Waals surface area contributed by atoms with Crippen molar-refractivity contribution < 1.29 is 43.1 Å². The summed E-state index contributed by atoms with van der Waals surface area (Å²) in [7, 11) is 0. The number of benzene rings is 3. The highest BCUT2D eigenvalue weighted by Gasteiger charge is 2.44. The second kappa shape index (κ2) is 13.6. The number of nitrogens with two attached hydrogens (primary N) is 1. The number of nitrogens with one attached hydrogen (secondary N) is 1. The van der Waals surface area contributed by atoms with Crippen LogP contribution in [0.2, 0.25) is 0 Å². The summed E-state index contributed by atoms with van der Waals surface area (Å²) in [6, 6.07) is 19.1. The molecule has 2 heterocycles. The standard InChI is InChI=1S/C31H29F3N6O6/c32-31(33,34)19-8-10-20(11-9-19)39-29-23(24(35)18-4-2-1-3-5-18)28(36)40(16-37-29)38-14-17-6-12-21(13-7-17)45-30-27(44)26(43)25(42)22(15-41)46-30/h1-14,16,22,25-27,30,35,41-44H,15,36H2. The van der Waals surface area contributed by atoms with Crippen LogP contribution in [0.4, 0.5) is 24.7 Å². The van der Waals surface area contributed by atoms with Gasteiger partial charge < -0.3 is 35.6 Å². The molecule has 1 fully saturated rings. The summed E-state index contributed by atoms with van der Waals surface area (Å²) < 4.78 is 51.3. The Bertz CT molecular complexity index is 1760. The minimum atomic E-state index is -4.50. The summed E-state index contributed by atoms with van der Waals surface area (Å²) in [6.45, 7) is -0.591. The zero-order valence-electron chi connectivity index (χ0n) is 23.9. The lowest BCUT2D eigenvalue weighted by Gasteiger charge is -2.39. The molecule has 12 nitrogen and oxygen atoms in total. The molecule has 1 aromatic heterocycles. The van der Waals surface area contributed by atoms with Crippen molar-refractivity contribution in [2.24, 2.45) is 10.1 Å². The number of ether oxygens (including phenoxy) is 2. The van der Waals surface area contributed by atoms with E-state index >= 15 is 0 Å². The van der Waals surface area contributed by atoms with E-state index in [1.807, 2.05) is 0 Å². The first-order valence-electron chi connectivity index (χ1n) is 13.8. The third-order valence-corrected chi connectivity index (χ3v) is 7.07. The summed E-state index contributed by atoms with van der Waals surface area (Å²) >= 11 is 0. The average molecular weight is 639 g/mol. The van der Waals surface area contributed by atoms with Crippen molar-refractivity contribution in [1.29, 1.82) is 5.41 Å². The lowest BCUT2D eigenvalue weighted by atomic mass is 9.99. The zero-order valence-corrected chi connectivity index (χ0v) is 23.9. The van der Waals surface area contributed by atoms with Gasteiger partial charge in [0.05, 0.1) is 35.3 Å². The van der Waals surface area contributed by atoms with Crippen molar-refractivity contribution in [2.45, 2.75) is 36.9 Å². The van der Waals surface area contributed by atoms with E-state index in [0.717, 1.165) is 12.1 Å². The average Bonchev–Trinajstić information content (AvgIpc) is 3.05. The first kappa shape index (κ1) is 32.5. The molecule has 1 aliphatic rings. The molecule has 4 aromatic rings. The van der Waals surface area contributed by atoms with Crippen LogP contribution in [0.3, 0.4) is 0 Å². The number of alkyl halides is 3. The smallest absolute Gasteiger partial charge is 0.416 e. The maximum Gasteiger partial charge on any atom is 0.416 e. The van der Waals surface area contributed by atoms with Crippen LogP contribution >= 0.6 is 0 Å². The molecular formula is C31H29F3N6O6. The van der Waals surface area contributed by atoms with Gasteiger partial charge in [0.2, 0.25) is 6.29 Å². The van der Waals surface area contributed by atoms with Crippen molar-refractivity contribution in [3.05, 3.63) is 113 Å². The Morgan fingerprint density at radius 3 is 2.28 bits per heavy atom. The largest absolute Gasteiger partial charge is 0.462 e. The van der Waals surface area contributed by atoms with Gasteiger partial charge in [-0.25, -0.2) is 14.7 Å². The molecule has 0 amide bonds. The van der Waals surface area contributed by atoms with Crippen molar-refractivity contribution in [3.8, 4) is 5.75 Å². The van der Waals surface area contributed by atoms with Gasteiger partial charge in [0.1, 0.15) is 42.3 Å². The molecule has 0 radical (unpaired) electrons. The number of rotatable bonds is 8. The van der Waals surface area contributed by atoms with Crippen molar-refractivity contribution in [2.75, 3.05) is 12.3 Å². The molecule has 0 aliphatic carbocycles. The lowest BCUT2D eigenvalue weighted by molar-refractivity contribution is -0.277. The van der Waals surface area contributed by atoms with Crippen molar-refractivity contribution in [1.82, 2.24) is 9.66 Å². The van der Waals surface area contributed by atoms with Crippen LogP contribution in [0.25, 0.3) is 0 Å². The number of hydrogen-bond donors (Lipinski definition) is 6. The topological polar surface area (TPSA) is 192 Å². The predicted molar refractivity (Wildman–Crippen MR) is 160 cm³/mol. The highest BCUT2D eigenvalue weighted by Crippen LogP contribution is 2.30. The van der Waals surface area contributed by atoms with Gasteiger partial charge in [-0.15, -0.1) is 0 Å². The fourth-order valence-electron chi connectivity index (χ4n) is 4.54. The van der Waals surface area contributed by atoms with Crippen LogP contribution in [-0.2, 0) is 10.9 Å². The number of nitrogen functional groups attached to an aromatic ring is 1. The molecule has 5 unspecified atom stereocenters. The summed E-state index contributed by atoms with van der Waals surface area (Å²) in [5, 5.41) is 52.7. The number of nitrogens with zero attached hydrogens (tertiary/aromatic N) is 4. The van der Waals surface area contributed by atoms with Crippen LogP contribution in [-0.4, -0.2) is 79.3 Å². The molecular weight excluding hydrogens is 609 g/mol. The third-order valence-electron chi connectivity index (χ3n) is 7.07. The van der Waals surface area contributed by atoms with Crippen LogP contribution in [0, 0.1) is 5.41 Å². The Kier molecular flexibility index (Phi) is 9.60. The maximum absolute atomic E-state index is 13.0. The quantitative estimate of drug-likeness (QED) is 0.158. The molecule has 15 heteroatoms. The minimum absolute atomic E-state index is 0.00617. The number of aromatic nitrogens is 2. The van der Waals surface area contributed by atoms with Crippen LogP contribution in [0.1, 0.15) is 22.3 Å². The molecule has 0 saturated carbocycles. The lowest BCUT2D eigenvalue weighted by Crippen LogP contribution is -2.60. The maximum atomic E-state index is 13.0. The number of aliphatic hydroxyl groups excluding tert-OH is 4. The first-order valence-corrected chi connectivity index (χ1v) is 13.8. The molecule has 5 rings (SSSR count). The van der Waals surface area contributed by atoms with Gasteiger partial charge in [0.15, 0.2) is 5.49 Å². The SMILES string of the molecule is N=C(c1ccccc1)c1c(N)n(N=Cc2ccc(OC3OC(CO)C(O)C(O)C3O)cc2)cnc1=Nc1ccc(C(F)(F)F)cc1. The summed E-state index contributed by atoms with van der Waals surface area (Å²) in [5.41, 5.74) is 6.95. The van der Waals surface area contributed by atoms with Crippen molar-refractivity contribution >= 4 is 23.4 Å². The zero-order chi connectivity index (χ0) is 33.0. The minimum Gasteiger partial charge on any atom is -0.462 e. The highest BCUT2D eigenvalue weighted by molar-refractivity contribution is 6.13. The molecule has 3 aromatic carbocycles. The Balaban J connectivity index is 1.41. The predicted octanol–water partition coefficient (Wildman–Crippen LogP) is 2.19. The van der Waals surface area contributed by atoms with Gasteiger partial charge in [-0.05, 0) is 54.1 Å². The van der Waals surface area contributed by atoms with Gasteiger partial charge >= 0.3 is 6.18 Å². The number of hydrogen-bond acceptors (Lipinski definition) is 11. The van der Waals surface area contributed by atoms with Gasteiger partial charge in [-0.3, -0.25) is 5.41 Å².